The van der Waals surface area contributed by atoms with Crippen LogP contribution in [0.4, 0.5) is 0 Å². The number of thiazole rings is 1. The first kappa shape index (κ1) is 14.0. The van der Waals surface area contributed by atoms with Crippen molar-refractivity contribution < 1.29 is 14.3 Å². The number of hydrogen-bond acceptors (Lipinski definition) is 6. The fourth-order valence-electron chi connectivity index (χ4n) is 2.01. The standard InChI is InChI=1S/C12H17N3O3S/c1-3-18-12(17)10-6-13-4-5-15(10)11(16)9-7-19-8(2)14-9/h7,10,13H,3-6H2,1-2H3. The Hall–Kier alpha value is -1.47. The van der Waals surface area contributed by atoms with Gasteiger partial charge in [-0.1, -0.05) is 0 Å². The second-order valence-corrected chi connectivity index (χ2v) is 5.28. The quantitative estimate of drug-likeness (QED) is 0.815. The van der Waals surface area contributed by atoms with Crippen LogP contribution in [-0.2, 0) is 9.53 Å². The molecule has 0 aromatic carbocycles. The second kappa shape index (κ2) is 6.12. The van der Waals surface area contributed by atoms with Crippen LogP contribution < -0.4 is 5.32 Å². The molecule has 1 aromatic heterocycles. The van der Waals surface area contributed by atoms with E-state index in [1.54, 1.807) is 17.2 Å². The second-order valence-electron chi connectivity index (χ2n) is 4.22. The molecule has 1 aliphatic rings. The summed E-state index contributed by atoms with van der Waals surface area (Å²) in [5.41, 5.74) is 0.402. The lowest BCUT2D eigenvalue weighted by atomic mass is 10.2. The number of aryl methyl sites for hydroxylation is 1. The number of hydrogen-bond donors (Lipinski definition) is 1. The Kier molecular flexibility index (Phi) is 4.49. The van der Waals surface area contributed by atoms with E-state index in [0.717, 1.165) is 5.01 Å². The van der Waals surface area contributed by atoms with E-state index in [0.29, 0.717) is 31.9 Å². The Labute approximate surface area is 115 Å². The number of amides is 1. The molecular weight excluding hydrogens is 266 g/mol. The Morgan fingerprint density at radius 1 is 1.63 bits per heavy atom. The van der Waals surface area contributed by atoms with Gasteiger partial charge >= 0.3 is 5.97 Å². The van der Waals surface area contributed by atoms with E-state index in [1.807, 2.05) is 6.92 Å². The van der Waals surface area contributed by atoms with E-state index in [1.165, 1.54) is 11.3 Å². The number of nitrogens with one attached hydrogen (secondary N) is 1. The van der Waals surface area contributed by atoms with Crippen molar-refractivity contribution >= 4 is 23.2 Å². The highest BCUT2D eigenvalue weighted by Gasteiger charge is 2.34. The predicted octanol–water partition coefficient (Wildman–Crippen LogP) is 0.429. The molecule has 0 saturated carbocycles. The lowest BCUT2D eigenvalue weighted by Gasteiger charge is -2.34. The van der Waals surface area contributed by atoms with E-state index in [2.05, 4.69) is 10.3 Å². The molecule has 104 valence electrons. The summed E-state index contributed by atoms with van der Waals surface area (Å²) in [6.07, 6.45) is 0. The molecule has 6 nitrogen and oxygen atoms in total. The molecule has 1 fully saturated rings. The van der Waals surface area contributed by atoms with Gasteiger partial charge in [0.15, 0.2) is 0 Å². The number of rotatable bonds is 3. The summed E-state index contributed by atoms with van der Waals surface area (Å²) < 4.78 is 5.01. The lowest BCUT2D eigenvalue weighted by Crippen LogP contribution is -2.57. The molecule has 2 heterocycles. The smallest absolute Gasteiger partial charge is 0.330 e. The van der Waals surface area contributed by atoms with Crippen molar-refractivity contribution in [2.45, 2.75) is 19.9 Å². The van der Waals surface area contributed by atoms with Crippen molar-refractivity contribution in [3.05, 3.63) is 16.1 Å². The Bertz CT molecular complexity index is 475. The zero-order valence-electron chi connectivity index (χ0n) is 11.0. The minimum absolute atomic E-state index is 0.205. The lowest BCUT2D eigenvalue weighted by molar-refractivity contribution is -0.149. The third-order valence-electron chi connectivity index (χ3n) is 2.90. The molecule has 1 amide bonds. The topological polar surface area (TPSA) is 71.5 Å². The van der Waals surface area contributed by atoms with Gasteiger partial charge < -0.3 is 15.0 Å². The highest BCUT2D eigenvalue weighted by Crippen LogP contribution is 2.14. The molecule has 1 aromatic rings. The maximum atomic E-state index is 12.4. The normalized spacial score (nSPS) is 19.3. The SMILES string of the molecule is CCOC(=O)C1CNCCN1C(=O)c1csc(C)n1. The third-order valence-corrected chi connectivity index (χ3v) is 3.67. The molecular formula is C12H17N3O3S. The van der Waals surface area contributed by atoms with Crippen LogP contribution in [0.15, 0.2) is 5.38 Å². The maximum absolute atomic E-state index is 12.4. The largest absolute Gasteiger partial charge is 0.464 e. The third kappa shape index (κ3) is 3.10. The summed E-state index contributed by atoms with van der Waals surface area (Å²) in [6.45, 7) is 5.50. The molecule has 1 atom stereocenters. The molecule has 1 saturated heterocycles. The summed E-state index contributed by atoms with van der Waals surface area (Å²) in [5, 5.41) is 5.67. The van der Waals surface area contributed by atoms with Crippen LogP contribution in [0.25, 0.3) is 0 Å². The van der Waals surface area contributed by atoms with Gasteiger partial charge in [0, 0.05) is 25.0 Å². The van der Waals surface area contributed by atoms with E-state index in [4.69, 9.17) is 4.74 Å². The molecule has 1 unspecified atom stereocenters. The van der Waals surface area contributed by atoms with Crippen LogP contribution >= 0.6 is 11.3 Å². The van der Waals surface area contributed by atoms with Crippen LogP contribution in [0.3, 0.4) is 0 Å². The van der Waals surface area contributed by atoms with E-state index in [9.17, 15) is 9.59 Å². The average molecular weight is 283 g/mol. The summed E-state index contributed by atoms with van der Waals surface area (Å²) in [7, 11) is 0. The minimum Gasteiger partial charge on any atom is -0.464 e. The average Bonchev–Trinajstić information content (AvgIpc) is 2.85. The Morgan fingerprint density at radius 2 is 2.42 bits per heavy atom. The van der Waals surface area contributed by atoms with Gasteiger partial charge in [0.2, 0.25) is 0 Å². The first-order chi connectivity index (χ1) is 9.13. The van der Waals surface area contributed by atoms with E-state index in [-0.39, 0.29) is 11.9 Å². The number of carbonyl (C=O) groups excluding carboxylic acids is 2. The molecule has 0 bridgehead atoms. The predicted molar refractivity (Wildman–Crippen MR) is 71.2 cm³/mol. The zero-order chi connectivity index (χ0) is 13.8. The van der Waals surface area contributed by atoms with Crippen molar-refractivity contribution in [3.63, 3.8) is 0 Å². The van der Waals surface area contributed by atoms with Crippen LogP contribution in [0.1, 0.15) is 22.4 Å². The van der Waals surface area contributed by atoms with Gasteiger partial charge in [-0.3, -0.25) is 4.79 Å². The number of piperazine rings is 1. The maximum Gasteiger partial charge on any atom is 0.330 e. The Balaban J connectivity index is 2.15. The van der Waals surface area contributed by atoms with Crippen LogP contribution in [0.5, 0.6) is 0 Å². The van der Waals surface area contributed by atoms with Crippen molar-refractivity contribution in [1.29, 1.82) is 0 Å². The summed E-state index contributed by atoms with van der Waals surface area (Å²) in [6, 6.07) is -0.566. The summed E-state index contributed by atoms with van der Waals surface area (Å²) in [4.78, 5) is 30.0. The number of carbonyl (C=O) groups is 2. The molecule has 0 spiro atoms. The molecule has 0 radical (unpaired) electrons. The fourth-order valence-corrected chi connectivity index (χ4v) is 2.59. The summed E-state index contributed by atoms with van der Waals surface area (Å²) >= 11 is 1.43. The van der Waals surface area contributed by atoms with Crippen LogP contribution in [-0.4, -0.2) is 54.0 Å². The summed E-state index contributed by atoms with van der Waals surface area (Å²) in [5.74, 6) is -0.570. The van der Waals surface area contributed by atoms with Crippen LogP contribution in [0.2, 0.25) is 0 Å². The molecule has 7 heteroatoms. The molecule has 1 N–H and O–H groups in total. The molecule has 0 aliphatic carbocycles. The van der Waals surface area contributed by atoms with Gasteiger partial charge in [-0.2, -0.15) is 0 Å². The van der Waals surface area contributed by atoms with Gasteiger partial charge in [-0.05, 0) is 13.8 Å². The molecule has 19 heavy (non-hydrogen) atoms. The van der Waals surface area contributed by atoms with E-state index < -0.39 is 6.04 Å². The highest BCUT2D eigenvalue weighted by atomic mass is 32.1. The fraction of sp³-hybridized carbons (Fsp3) is 0.583. The number of aromatic nitrogens is 1. The molecule has 1 aliphatic heterocycles. The number of ether oxygens (including phenoxy) is 1. The van der Waals surface area contributed by atoms with Crippen LogP contribution in [0, 0.1) is 6.92 Å². The van der Waals surface area contributed by atoms with Gasteiger partial charge in [0.1, 0.15) is 11.7 Å². The monoisotopic (exact) mass is 283 g/mol. The Morgan fingerprint density at radius 3 is 3.05 bits per heavy atom. The zero-order valence-corrected chi connectivity index (χ0v) is 11.8. The number of esters is 1. The van der Waals surface area contributed by atoms with E-state index >= 15 is 0 Å². The van der Waals surface area contributed by atoms with Crippen molar-refractivity contribution in [2.75, 3.05) is 26.2 Å². The minimum atomic E-state index is -0.566. The van der Waals surface area contributed by atoms with Gasteiger partial charge in [-0.15, -0.1) is 11.3 Å². The van der Waals surface area contributed by atoms with Crippen molar-refractivity contribution in [2.24, 2.45) is 0 Å². The number of nitrogens with zero attached hydrogens (tertiary/aromatic N) is 2. The van der Waals surface area contributed by atoms with Gasteiger partial charge in [0.25, 0.3) is 5.91 Å². The first-order valence-electron chi connectivity index (χ1n) is 6.24. The molecule has 2 rings (SSSR count). The van der Waals surface area contributed by atoms with Crippen molar-refractivity contribution in [1.82, 2.24) is 15.2 Å². The van der Waals surface area contributed by atoms with Gasteiger partial charge in [-0.25, -0.2) is 9.78 Å². The van der Waals surface area contributed by atoms with Crippen molar-refractivity contribution in [3.8, 4) is 0 Å². The highest BCUT2D eigenvalue weighted by molar-refractivity contribution is 7.09. The van der Waals surface area contributed by atoms with Gasteiger partial charge in [0.05, 0.1) is 11.6 Å². The first-order valence-corrected chi connectivity index (χ1v) is 7.12.